The summed E-state index contributed by atoms with van der Waals surface area (Å²) < 4.78 is 4.77. The molecule has 6 heteroatoms. The summed E-state index contributed by atoms with van der Waals surface area (Å²) in [7, 11) is 1.42. The molecule has 1 aliphatic heterocycles. The van der Waals surface area contributed by atoms with Crippen molar-refractivity contribution in [2.24, 2.45) is 0 Å². The van der Waals surface area contributed by atoms with Crippen molar-refractivity contribution >= 4 is 75.7 Å². The van der Waals surface area contributed by atoms with Crippen LogP contribution in [-0.2, 0) is 22.2 Å². The quantitative estimate of drug-likeness (QED) is 0.272. The van der Waals surface area contributed by atoms with Gasteiger partial charge < -0.3 is 29.1 Å². The Kier molecular flexibility index (Phi) is 14.5. The maximum absolute atomic E-state index is 11.5. The molecule has 1 aliphatic rings. The molecule has 1 atom stereocenters. The van der Waals surface area contributed by atoms with Gasteiger partial charge in [-0.2, -0.15) is 6.26 Å². The second kappa shape index (κ2) is 11.6. The second-order valence-corrected chi connectivity index (χ2v) is 3.62. The molecule has 0 bridgehead atoms. The molecule has 3 nitrogen and oxygen atoms in total. The first-order chi connectivity index (χ1) is 7.25. The minimum atomic E-state index is -0.496. The van der Waals surface area contributed by atoms with Gasteiger partial charge in [0.15, 0.2) is 0 Å². The van der Waals surface area contributed by atoms with Gasteiger partial charge in [-0.15, -0.1) is 24.6 Å². The molecule has 0 spiro atoms. The fourth-order valence-electron chi connectivity index (χ4n) is 1.67. The molecule has 0 amide bonds. The Morgan fingerprint density at radius 3 is 2.62 bits per heavy atom. The van der Waals surface area contributed by atoms with Gasteiger partial charge in [0, 0.05) is 5.88 Å². The van der Waals surface area contributed by atoms with Crippen LogP contribution in [0.5, 0.6) is 0 Å². The van der Waals surface area contributed by atoms with Crippen LogP contribution in [-0.4, -0.2) is 82.8 Å². The number of carbonyl (C=O) groups excluding carboxylic acids is 1. The average Bonchev–Trinajstić information content (AvgIpc) is 2.78. The van der Waals surface area contributed by atoms with Gasteiger partial charge in [0.25, 0.3) is 0 Å². The van der Waals surface area contributed by atoms with Gasteiger partial charge in [0.05, 0.1) is 12.6 Å². The topological polar surface area (TPSA) is 38.3 Å². The van der Waals surface area contributed by atoms with E-state index in [-0.39, 0.29) is 51.5 Å². The molecule has 0 aromatic carbocycles. The maximum Gasteiger partial charge on any atom is 2.00 e. The summed E-state index contributed by atoms with van der Waals surface area (Å²) >= 11 is 9.68. The largest absolute Gasteiger partial charge is 2.00 e. The Morgan fingerprint density at radius 2 is 2.25 bits per heavy atom. The summed E-state index contributed by atoms with van der Waals surface area (Å²) in [6.07, 6.45) is 5.97. The zero-order valence-electron chi connectivity index (χ0n) is 9.92. The number of halogens is 1. The van der Waals surface area contributed by atoms with E-state index >= 15 is 0 Å². The fraction of sp³-hybridized carbons (Fsp3) is 0.800. The van der Waals surface area contributed by atoms with Crippen LogP contribution < -0.4 is 5.32 Å². The van der Waals surface area contributed by atoms with E-state index < -0.39 is 5.54 Å². The van der Waals surface area contributed by atoms with E-state index in [9.17, 15) is 4.79 Å². The molecule has 0 aromatic rings. The van der Waals surface area contributed by atoms with Gasteiger partial charge >= 0.3 is 51.5 Å². The number of alkyl halides is 1. The van der Waals surface area contributed by atoms with Crippen molar-refractivity contribution in [2.45, 2.75) is 24.8 Å². The summed E-state index contributed by atoms with van der Waals surface area (Å²) in [6, 6.07) is 0. The predicted octanol–water partition coefficient (Wildman–Crippen LogP) is 0.897. The van der Waals surface area contributed by atoms with Gasteiger partial charge in [0.1, 0.15) is 0 Å². The summed E-state index contributed by atoms with van der Waals surface area (Å²) in [4.78, 5) is 11.5. The van der Waals surface area contributed by atoms with Crippen LogP contribution in [0.2, 0.25) is 0 Å². The number of hydrogen-bond donors (Lipinski definition) is 1. The van der Waals surface area contributed by atoms with Crippen molar-refractivity contribution < 1.29 is 9.53 Å². The Hall–Kier alpha value is 1.55. The second-order valence-electron chi connectivity index (χ2n) is 3.24. The normalized spacial score (nSPS) is 22.8. The maximum atomic E-state index is 11.5. The average molecular weight is 339 g/mol. The Bertz CT molecular complexity index is 190. The third-order valence-corrected chi connectivity index (χ3v) is 2.66. The van der Waals surface area contributed by atoms with E-state index in [0.29, 0.717) is 5.88 Å². The molecule has 0 saturated carbocycles. The van der Waals surface area contributed by atoms with E-state index in [1.54, 1.807) is 6.26 Å². The molecular formula is C10H18ClNO2SSr. The summed E-state index contributed by atoms with van der Waals surface area (Å²) in [5.41, 5.74) is -0.496. The standard InChI is InChI=1S/C9H15ClNO2.CH4S.Sr/c1-13-8(12)9(4-2-6-10)5-3-7-11-9;1-2;/h3,11H,2,4-7H2,1H3;2H,1H3;/q-1;;+2/p-1/t9-;;/m0../s1. The van der Waals surface area contributed by atoms with Gasteiger partial charge in [-0.05, 0) is 12.8 Å². The van der Waals surface area contributed by atoms with E-state index in [1.807, 2.05) is 0 Å². The number of ether oxygens (including phenoxy) is 1. The van der Waals surface area contributed by atoms with E-state index in [1.165, 1.54) is 7.11 Å². The monoisotopic (exact) mass is 339 g/mol. The molecule has 0 aliphatic carbocycles. The molecule has 0 radical (unpaired) electrons. The number of carbonyl (C=O) groups is 1. The van der Waals surface area contributed by atoms with Gasteiger partial charge in [0.2, 0.25) is 0 Å². The Labute approximate surface area is 146 Å². The van der Waals surface area contributed by atoms with Gasteiger partial charge in [-0.3, -0.25) is 4.79 Å². The smallest absolute Gasteiger partial charge is 0.796 e. The molecular weight excluding hydrogens is 321 g/mol. The van der Waals surface area contributed by atoms with Crippen LogP contribution in [0.3, 0.4) is 0 Å². The molecule has 1 saturated heterocycles. The number of rotatable bonds is 4. The van der Waals surface area contributed by atoms with Crippen LogP contribution in [0.1, 0.15) is 19.3 Å². The number of nitrogens with one attached hydrogen (secondary N) is 1. The molecule has 0 unspecified atom stereocenters. The molecule has 1 N–H and O–H groups in total. The van der Waals surface area contributed by atoms with Crippen LogP contribution in [0.15, 0.2) is 0 Å². The van der Waals surface area contributed by atoms with E-state index in [2.05, 4.69) is 24.4 Å². The van der Waals surface area contributed by atoms with Crippen molar-refractivity contribution in [2.75, 3.05) is 25.8 Å². The molecule has 1 rings (SSSR count). The first-order valence-electron chi connectivity index (χ1n) is 4.87. The van der Waals surface area contributed by atoms with Crippen LogP contribution in [0.4, 0.5) is 0 Å². The van der Waals surface area contributed by atoms with E-state index in [0.717, 1.165) is 25.8 Å². The zero-order chi connectivity index (χ0) is 11.7. The van der Waals surface area contributed by atoms with Gasteiger partial charge in [-0.1, -0.05) is 0 Å². The van der Waals surface area contributed by atoms with Crippen molar-refractivity contribution in [3.63, 3.8) is 0 Å². The Balaban J connectivity index is 0. The van der Waals surface area contributed by atoms with Crippen molar-refractivity contribution in [1.82, 2.24) is 5.32 Å². The SMILES string of the molecule is COC(=O)[C@]1(CCCCl)C[CH-]CN1.C[S-].[Sr+2]. The zero-order valence-corrected chi connectivity index (χ0v) is 15.0. The van der Waals surface area contributed by atoms with Crippen LogP contribution in [0.25, 0.3) is 0 Å². The first kappa shape index (κ1) is 19.9. The number of hydrogen-bond acceptors (Lipinski definition) is 4. The molecule has 16 heavy (non-hydrogen) atoms. The predicted molar refractivity (Wildman–Crippen MR) is 70.7 cm³/mol. The van der Waals surface area contributed by atoms with Crippen molar-refractivity contribution in [3.05, 3.63) is 6.42 Å². The molecule has 90 valence electrons. The Morgan fingerprint density at radius 1 is 1.62 bits per heavy atom. The molecule has 0 aromatic heterocycles. The molecule has 1 fully saturated rings. The third-order valence-electron chi connectivity index (χ3n) is 2.39. The summed E-state index contributed by atoms with van der Waals surface area (Å²) in [5.74, 6) is 0.409. The third kappa shape index (κ3) is 5.94. The number of methoxy groups -OCH3 is 1. The number of esters is 1. The van der Waals surface area contributed by atoms with Crippen molar-refractivity contribution in [1.29, 1.82) is 0 Å². The molecule has 1 heterocycles. The minimum absolute atomic E-state index is 0. The van der Waals surface area contributed by atoms with E-state index in [4.69, 9.17) is 16.3 Å². The van der Waals surface area contributed by atoms with Crippen molar-refractivity contribution in [3.8, 4) is 0 Å². The minimum Gasteiger partial charge on any atom is -0.796 e. The van der Waals surface area contributed by atoms with Gasteiger partial charge in [-0.25, -0.2) is 0 Å². The van der Waals surface area contributed by atoms with Crippen LogP contribution >= 0.6 is 11.6 Å². The summed E-state index contributed by atoms with van der Waals surface area (Å²) in [6.45, 7) is 0.775. The summed E-state index contributed by atoms with van der Waals surface area (Å²) in [5, 5.41) is 3.17. The first-order valence-corrected chi connectivity index (χ1v) is 6.22. The fourth-order valence-corrected chi connectivity index (χ4v) is 1.80. The van der Waals surface area contributed by atoms with Crippen LogP contribution in [0, 0.1) is 6.42 Å².